The summed E-state index contributed by atoms with van der Waals surface area (Å²) in [6.45, 7) is 0.397. The van der Waals surface area contributed by atoms with Gasteiger partial charge in [-0.25, -0.2) is 4.98 Å². The zero-order valence-electron chi connectivity index (χ0n) is 18.3. The van der Waals surface area contributed by atoms with Gasteiger partial charge in [0, 0.05) is 23.7 Å². The van der Waals surface area contributed by atoms with E-state index in [2.05, 4.69) is 15.6 Å². The monoisotopic (exact) mass is 482 g/mol. The Morgan fingerprint density at radius 3 is 2.73 bits per heavy atom. The summed E-state index contributed by atoms with van der Waals surface area (Å²) < 4.78 is 24.6. The number of hydrogen-bond donors (Lipinski definition) is 0. The number of rotatable bonds is 7. The maximum Gasteiger partial charge on any atom is 0.192 e. The van der Waals surface area contributed by atoms with Gasteiger partial charge in [-0.3, -0.25) is 0 Å². The van der Waals surface area contributed by atoms with Crippen LogP contribution in [0.15, 0.2) is 53.0 Å². The van der Waals surface area contributed by atoms with E-state index in [9.17, 15) is 0 Å². The standard InChI is InChI=1S/C23H22N4O4S2/c1-27-21(20-11-30-17-6-4-5-7-18(17)31-20)25-26-23(27)33-13-15-12-32-22(24-15)14-8-9-16(28-2)19(10-14)29-3/h4-10,12,20H,11,13H2,1-3H3. The second kappa shape index (κ2) is 9.32. The summed E-state index contributed by atoms with van der Waals surface area (Å²) >= 11 is 3.18. The van der Waals surface area contributed by atoms with E-state index in [1.807, 2.05) is 54.1 Å². The molecule has 0 N–H and O–H groups in total. The number of ether oxygens (including phenoxy) is 4. The van der Waals surface area contributed by atoms with Crippen molar-refractivity contribution in [3.8, 4) is 33.6 Å². The molecule has 0 radical (unpaired) electrons. The molecule has 0 amide bonds. The highest BCUT2D eigenvalue weighted by atomic mass is 32.2. The number of para-hydroxylation sites is 2. The summed E-state index contributed by atoms with van der Waals surface area (Å²) in [6.07, 6.45) is -0.303. The van der Waals surface area contributed by atoms with E-state index in [0.717, 1.165) is 38.7 Å². The van der Waals surface area contributed by atoms with Crippen LogP contribution in [0, 0.1) is 0 Å². The van der Waals surface area contributed by atoms with Crippen molar-refractivity contribution < 1.29 is 18.9 Å². The van der Waals surface area contributed by atoms with E-state index in [1.165, 1.54) is 0 Å². The van der Waals surface area contributed by atoms with Gasteiger partial charge in [-0.15, -0.1) is 21.5 Å². The molecule has 0 saturated carbocycles. The predicted octanol–water partition coefficient (Wildman–Crippen LogP) is 4.76. The Morgan fingerprint density at radius 2 is 1.91 bits per heavy atom. The first-order chi connectivity index (χ1) is 16.2. The van der Waals surface area contributed by atoms with E-state index in [4.69, 9.17) is 23.9 Å². The van der Waals surface area contributed by atoms with Crippen LogP contribution in [0.1, 0.15) is 17.6 Å². The minimum Gasteiger partial charge on any atom is -0.493 e. The van der Waals surface area contributed by atoms with Gasteiger partial charge in [0.15, 0.2) is 40.1 Å². The maximum atomic E-state index is 6.08. The molecule has 1 atom stereocenters. The van der Waals surface area contributed by atoms with Gasteiger partial charge in [-0.1, -0.05) is 23.9 Å². The highest BCUT2D eigenvalue weighted by molar-refractivity contribution is 7.98. The molecule has 0 spiro atoms. The molecule has 2 aromatic carbocycles. The van der Waals surface area contributed by atoms with Gasteiger partial charge in [-0.2, -0.15) is 0 Å². The summed E-state index contributed by atoms with van der Waals surface area (Å²) in [5.41, 5.74) is 1.97. The number of aromatic nitrogens is 4. The fraction of sp³-hybridized carbons (Fsp3) is 0.261. The molecule has 3 heterocycles. The van der Waals surface area contributed by atoms with Crippen LogP contribution in [0.3, 0.4) is 0 Å². The van der Waals surface area contributed by atoms with E-state index in [0.29, 0.717) is 23.9 Å². The molecular weight excluding hydrogens is 460 g/mol. The third kappa shape index (κ3) is 4.36. The van der Waals surface area contributed by atoms with Gasteiger partial charge < -0.3 is 23.5 Å². The highest BCUT2D eigenvalue weighted by Crippen LogP contribution is 2.37. The van der Waals surface area contributed by atoms with Gasteiger partial charge in [0.1, 0.15) is 11.6 Å². The summed E-state index contributed by atoms with van der Waals surface area (Å²) in [5, 5.41) is 12.5. The average molecular weight is 483 g/mol. The summed E-state index contributed by atoms with van der Waals surface area (Å²) in [4.78, 5) is 4.78. The van der Waals surface area contributed by atoms with Crippen molar-refractivity contribution in [1.29, 1.82) is 0 Å². The van der Waals surface area contributed by atoms with Crippen LogP contribution < -0.4 is 18.9 Å². The van der Waals surface area contributed by atoms with Crippen LogP contribution in [-0.2, 0) is 12.8 Å². The Kier molecular flexibility index (Phi) is 6.10. The van der Waals surface area contributed by atoms with Crippen molar-refractivity contribution in [2.24, 2.45) is 7.05 Å². The topological polar surface area (TPSA) is 80.5 Å². The third-order valence-corrected chi connectivity index (χ3v) is 7.19. The quantitative estimate of drug-likeness (QED) is 0.349. The van der Waals surface area contributed by atoms with Crippen LogP contribution >= 0.6 is 23.1 Å². The zero-order chi connectivity index (χ0) is 22.8. The first-order valence-corrected chi connectivity index (χ1v) is 12.1. The fourth-order valence-electron chi connectivity index (χ4n) is 3.49. The molecule has 8 nitrogen and oxygen atoms in total. The molecule has 0 saturated heterocycles. The SMILES string of the molecule is COc1ccc(-c2nc(CSc3nnc(C4COc5ccccc5O4)n3C)cs2)cc1OC. The lowest BCUT2D eigenvalue weighted by molar-refractivity contribution is 0.0825. The van der Waals surface area contributed by atoms with Crippen molar-refractivity contribution in [2.45, 2.75) is 17.0 Å². The Bertz CT molecular complexity index is 1270. The number of benzene rings is 2. The molecule has 4 aromatic rings. The van der Waals surface area contributed by atoms with Crippen LogP contribution in [0.5, 0.6) is 23.0 Å². The second-order valence-corrected chi connectivity index (χ2v) is 9.07. The summed E-state index contributed by atoms with van der Waals surface area (Å²) in [6, 6.07) is 13.4. The van der Waals surface area contributed by atoms with Crippen molar-refractivity contribution >= 4 is 23.1 Å². The Balaban J connectivity index is 1.26. The average Bonchev–Trinajstić information content (AvgIpc) is 3.48. The Labute approximate surface area is 199 Å². The van der Waals surface area contributed by atoms with E-state index in [1.54, 1.807) is 37.3 Å². The van der Waals surface area contributed by atoms with Crippen LogP contribution in [0.25, 0.3) is 10.6 Å². The van der Waals surface area contributed by atoms with Gasteiger partial charge in [0.05, 0.1) is 19.9 Å². The normalized spacial score (nSPS) is 14.8. The van der Waals surface area contributed by atoms with Gasteiger partial charge in [0.25, 0.3) is 0 Å². The fourth-order valence-corrected chi connectivity index (χ4v) is 5.23. The minimum atomic E-state index is -0.303. The van der Waals surface area contributed by atoms with Crippen LogP contribution in [0.2, 0.25) is 0 Å². The van der Waals surface area contributed by atoms with E-state index >= 15 is 0 Å². The molecule has 0 fully saturated rings. The third-order valence-electron chi connectivity index (χ3n) is 5.20. The van der Waals surface area contributed by atoms with Crippen molar-refractivity contribution in [1.82, 2.24) is 19.7 Å². The number of thiazole rings is 1. The minimum absolute atomic E-state index is 0.303. The summed E-state index contributed by atoms with van der Waals surface area (Å²) in [5.74, 6) is 4.26. The predicted molar refractivity (Wildman–Crippen MR) is 127 cm³/mol. The lowest BCUT2D eigenvalue weighted by Gasteiger charge is -2.25. The summed E-state index contributed by atoms with van der Waals surface area (Å²) in [7, 11) is 5.20. The molecule has 1 unspecified atom stereocenters. The van der Waals surface area contributed by atoms with Crippen molar-refractivity contribution in [3.05, 3.63) is 59.4 Å². The number of thioether (sulfide) groups is 1. The number of hydrogen-bond acceptors (Lipinski definition) is 9. The molecule has 1 aliphatic rings. The highest BCUT2D eigenvalue weighted by Gasteiger charge is 2.27. The van der Waals surface area contributed by atoms with Crippen molar-refractivity contribution in [3.63, 3.8) is 0 Å². The van der Waals surface area contributed by atoms with E-state index < -0.39 is 0 Å². The van der Waals surface area contributed by atoms with Gasteiger partial charge in [0.2, 0.25) is 0 Å². The molecular formula is C23H22N4O4S2. The smallest absolute Gasteiger partial charge is 0.192 e. The molecule has 0 aliphatic carbocycles. The number of methoxy groups -OCH3 is 2. The largest absolute Gasteiger partial charge is 0.493 e. The first kappa shape index (κ1) is 21.6. The molecule has 10 heteroatoms. The molecule has 2 aromatic heterocycles. The maximum absolute atomic E-state index is 6.08. The number of nitrogens with zero attached hydrogens (tertiary/aromatic N) is 4. The first-order valence-electron chi connectivity index (χ1n) is 10.2. The molecule has 0 bridgehead atoms. The number of fused-ring (bicyclic) bond motifs is 1. The van der Waals surface area contributed by atoms with Gasteiger partial charge >= 0.3 is 0 Å². The van der Waals surface area contributed by atoms with Gasteiger partial charge in [-0.05, 0) is 30.3 Å². The molecule has 5 rings (SSSR count). The van der Waals surface area contributed by atoms with E-state index in [-0.39, 0.29) is 6.10 Å². The Morgan fingerprint density at radius 1 is 1.09 bits per heavy atom. The lowest BCUT2D eigenvalue weighted by atomic mass is 10.2. The lowest BCUT2D eigenvalue weighted by Crippen LogP contribution is -2.24. The second-order valence-electron chi connectivity index (χ2n) is 7.27. The van der Waals surface area contributed by atoms with Crippen LogP contribution in [0.4, 0.5) is 0 Å². The zero-order valence-corrected chi connectivity index (χ0v) is 20.0. The molecule has 1 aliphatic heterocycles. The Hall–Kier alpha value is -3.24. The molecule has 170 valence electrons. The van der Waals surface area contributed by atoms with Crippen LogP contribution in [-0.4, -0.2) is 40.6 Å². The van der Waals surface area contributed by atoms with Crippen molar-refractivity contribution in [2.75, 3.05) is 20.8 Å². The molecule has 33 heavy (non-hydrogen) atoms.